The van der Waals surface area contributed by atoms with Crippen molar-refractivity contribution in [3.8, 4) is 5.75 Å². The lowest BCUT2D eigenvalue weighted by Crippen LogP contribution is -2.27. The lowest BCUT2D eigenvalue weighted by atomic mass is 10.1. The van der Waals surface area contributed by atoms with Crippen LogP contribution in [0, 0.1) is 0 Å². The summed E-state index contributed by atoms with van der Waals surface area (Å²) in [5, 5.41) is 0.935. The van der Waals surface area contributed by atoms with Crippen molar-refractivity contribution in [3.05, 3.63) is 36.0 Å². The first kappa shape index (κ1) is 12.0. The van der Waals surface area contributed by atoms with Gasteiger partial charge in [0.15, 0.2) is 0 Å². The van der Waals surface area contributed by atoms with Gasteiger partial charge in [0.05, 0.1) is 12.7 Å². The Morgan fingerprint density at radius 2 is 2.11 bits per heavy atom. The summed E-state index contributed by atoms with van der Waals surface area (Å²) in [4.78, 5) is 18.6. The summed E-state index contributed by atoms with van der Waals surface area (Å²) in [7, 11) is 1.62. The molecule has 0 radical (unpaired) electrons. The molecule has 1 amide bonds. The molecule has 4 nitrogen and oxygen atoms in total. The number of fused-ring (bicyclic) bond motifs is 1. The highest BCUT2D eigenvalue weighted by molar-refractivity contribution is 5.98. The van der Waals surface area contributed by atoms with E-state index in [1.165, 1.54) is 0 Å². The van der Waals surface area contributed by atoms with Gasteiger partial charge in [-0.1, -0.05) is 12.1 Å². The standard InChI is InChI=1S/C15H16N2O2/c1-19-13-6-4-5-11-9-12(10-16-14(11)13)15(18)17-7-2-3-8-17/h4-6,9-10H,2-3,7-8H2,1H3. The molecule has 0 aliphatic carbocycles. The molecule has 4 heteroatoms. The molecule has 0 saturated carbocycles. The third-order valence-corrected chi connectivity index (χ3v) is 3.53. The van der Waals surface area contributed by atoms with Crippen LogP contribution in [0.25, 0.3) is 10.9 Å². The molecular formula is C15H16N2O2. The molecule has 19 heavy (non-hydrogen) atoms. The number of carbonyl (C=O) groups is 1. The summed E-state index contributed by atoms with van der Waals surface area (Å²) < 4.78 is 5.27. The van der Waals surface area contributed by atoms with Gasteiger partial charge in [-0.15, -0.1) is 0 Å². The largest absolute Gasteiger partial charge is 0.494 e. The van der Waals surface area contributed by atoms with Crippen molar-refractivity contribution in [2.75, 3.05) is 20.2 Å². The lowest BCUT2D eigenvalue weighted by Gasteiger charge is -2.15. The topological polar surface area (TPSA) is 42.4 Å². The number of hydrogen-bond donors (Lipinski definition) is 0. The van der Waals surface area contributed by atoms with E-state index in [2.05, 4.69) is 4.98 Å². The second kappa shape index (κ2) is 4.88. The van der Waals surface area contributed by atoms with E-state index in [4.69, 9.17) is 4.74 Å². The maximum Gasteiger partial charge on any atom is 0.255 e. The summed E-state index contributed by atoms with van der Waals surface area (Å²) >= 11 is 0. The summed E-state index contributed by atoms with van der Waals surface area (Å²) in [6, 6.07) is 7.63. The maximum atomic E-state index is 12.3. The van der Waals surface area contributed by atoms with Crippen molar-refractivity contribution in [2.45, 2.75) is 12.8 Å². The number of nitrogens with zero attached hydrogens (tertiary/aromatic N) is 2. The number of pyridine rings is 1. The van der Waals surface area contributed by atoms with Crippen LogP contribution in [0.2, 0.25) is 0 Å². The predicted octanol–water partition coefficient (Wildman–Crippen LogP) is 2.48. The molecule has 1 saturated heterocycles. The van der Waals surface area contributed by atoms with Crippen LogP contribution in [-0.2, 0) is 0 Å². The average Bonchev–Trinajstić information content (AvgIpc) is 2.99. The van der Waals surface area contributed by atoms with Gasteiger partial charge >= 0.3 is 0 Å². The third-order valence-electron chi connectivity index (χ3n) is 3.53. The number of aromatic nitrogens is 1. The zero-order valence-corrected chi connectivity index (χ0v) is 10.9. The minimum Gasteiger partial charge on any atom is -0.494 e. The Hall–Kier alpha value is -2.10. The van der Waals surface area contributed by atoms with Crippen molar-refractivity contribution in [1.29, 1.82) is 0 Å². The normalized spacial score (nSPS) is 14.9. The molecule has 1 aromatic carbocycles. The first-order valence-electron chi connectivity index (χ1n) is 6.51. The quantitative estimate of drug-likeness (QED) is 0.829. The van der Waals surface area contributed by atoms with Gasteiger partial charge in [-0.05, 0) is 25.0 Å². The molecule has 0 atom stereocenters. The van der Waals surface area contributed by atoms with Crippen molar-refractivity contribution in [1.82, 2.24) is 9.88 Å². The number of likely N-dealkylation sites (tertiary alicyclic amines) is 1. The van der Waals surface area contributed by atoms with Crippen LogP contribution in [0.1, 0.15) is 23.2 Å². The van der Waals surface area contributed by atoms with Crippen molar-refractivity contribution < 1.29 is 9.53 Å². The zero-order valence-electron chi connectivity index (χ0n) is 10.9. The molecule has 3 rings (SSSR count). The van der Waals surface area contributed by atoms with Gasteiger partial charge in [-0.2, -0.15) is 0 Å². The van der Waals surface area contributed by atoms with E-state index >= 15 is 0 Å². The lowest BCUT2D eigenvalue weighted by molar-refractivity contribution is 0.0792. The van der Waals surface area contributed by atoms with E-state index in [9.17, 15) is 4.79 Å². The predicted molar refractivity (Wildman–Crippen MR) is 73.4 cm³/mol. The van der Waals surface area contributed by atoms with Crippen molar-refractivity contribution in [3.63, 3.8) is 0 Å². The molecule has 1 aliphatic heterocycles. The summed E-state index contributed by atoms with van der Waals surface area (Å²) in [5.74, 6) is 0.812. The Morgan fingerprint density at radius 3 is 2.84 bits per heavy atom. The van der Waals surface area contributed by atoms with Crippen LogP contribution in [-0.4, -0.2) is 36.0 Å². The highest BCUT2D eigenvalue weighted by atomic mass is 16.5. The second-order valence-electron chi connectivity index (χ2n) is 4.76. The number of para-hydroxylation sites is 1. The van der Waals surface area contributed by atoms with Crippen LogP contribution in [0.4, 0.5) is 0 Å². The van der Waals surface area contributed by atoms with Crippen molar-refractivity contribution in [2.24, 2.45) is 0 Å². The second-order valence-corrected chi connectivity index (χ2v) is 4.76. The Morgan fingerprint density at radius 1 is 1.32 bits per heavy atom. The Balaban J connectivity index is 1.99. The summed E-state index contributed by atoms with van der Waals surface area (Å²) in [6.07, 6.45) is 3.84. The van der Waals surface area contributed by atoms with Gasteiger partial charge in [0.2, 0.25) is 0 Å². The molecule has 2 heterocycles. The highest BCUT2D eigenvalue weighted by Gasteiger charge is 2.20. The fourth-order valence-electron chi connectivity index (χ4n) is 2.52. The van der Waals surface area contributed by atoms with Crippen LogP contribution >= 0.6 is 0 Å². The van der Waals surface area contributed by atoms with E-state index < -0.39 is 0 Å². The Bertz CT molecular complexity index is 619. The molecular weight excluding hydrogens is 240 g/mol. The molecule has 98 valence electrons. The zero-order chi connectivity index (χ0) is 13.2. The SMILES string of the molecule is COc1cccc2cc(C(=O)N3CCCC3)cnc12. The maximum absolute atomic E-state index is 12.3. The van der Waals surface area contributed by atoms with Crippen LogP contribution in [0.15, 0.2) is 30.5 Å². The number of methoxy groups -OCH3 is 1. The minimum atomic E-state index is 0.0784. The summed E-state index contributed by atoms with van der Waals surface area (Å²) in [6.45, 7) is 1.71. The van der Waals surface area contributed by atoms with Gasteiger partial charge in [0, 0.05) is 24.7 Å². The van der Waals surface area contributed by atoms with Gasteiger partial charge in [0.25, 0.3) is 5.91 Å². The fraction of sp³-hybridized carbons (Fsp3) is 0.333. The third kappa shape index (κ3) is 2.14. The van der Waals surface area contributed by atoms with E-state index in [0.29, 0.717) is 5.56 Å². The average molecular weight is 256 g/mol. The van der Waals surface area contributed by atoms with E-state index in [-0.39, 0.29) is 5.91 Å². The van der Waals surface area contributed by atoms with Gasteiger partial charge in [0.1, 0.15) is 11.3 Å². The van der Waals surface area contributed by atoms with Gasteiger partial charge in [-0.25, -0.2) is 0 Å². The number of benzene rings is 1. The number of ether oxygens (including phenoxy) is 1. The van der Waals surface area contributed by atoms with Crippen LogP contribution in [0.5, 0.6) is 5.75 Å². The molecule has 0 spiro atoms. The van der Waals surface area contributed by atoms with E-state index in [1.807, 2.05) is 29.2 Å². The number of hydrogen-bond acceptors (Lipinski definition) is 3. The monoisotopic (exact) mass is 256 g/mol. The number of rotatable bonds is 2. The number of carbonyl (C=O) groups excluding carboxylic acids is 1. The van der Waals surface area contributed by atoms with Gasteiger partial charge < -0.3 is 9.64 Å². The Labute approximate surface area is 112 Å². The first-order chi connectivity index (χ1) is 9.29. The molecule has 0 unspecified atom stereocenters. The fourth-order valence-corrected chi connectivity index (χ4v) is 2.52. The smallest absolute Gasteiger partial charge is 0.255 e. The molecule has 1 aromatic heterocycles. The molecule has 1 aliphatic rings. The van der Waals surface area contributed by atoms with Crippen molar-refractivity contribution >= 4 is 16.8 Å². The van der Waals surface area contributed by atoms with Crippen LogP contribution < -0.4 is 4.74 Å². The highest BCUT2D eigenvalue weighted by Crippen LogP contribution is 2.24. The molecule has 0 N–H and O–H groups in total. The van der Waals surface area contributed by atoms with E-state index in [0.717, 1.165) is 42.6 Å². The minimum absolute atomic E-state index is 0.0784. The molecule has 2 aromatic rings. The first-order valence-corrected chi connectivity index (χ1v) is 6.51. The van der Waals surface area contributed by atoms with E-state index in [1.54, 1.807) is 13.3 Å². The van der Waals surface area contributed by atoms with Gasteiger partial charge in [-0.3, -0.25) is 9.78 Å². The molecule has 1 fully saturated rings. The number of amides is 1. The molecule has 0 bridgehead atoms. The van der Waals surface area contributed by atoms with Crippen LogP contribution in [0.3, 0.4) is 0 Å². The Kier molecular flexibility index (Phi) is 3.07. The summed E-state index contributed by atoms with van der Waals surface area (Å²) in [5.41, 5.74) is 1.45.